The van der Waals surface area contributed by atoms with Crippen molar-refractivity contribution in [1.82, 2.24) is 9.78 Å². The van der Waals surface area contributed by atoms with Crippen molar-refractivity contribution >= 4 is 26.8 Å². The van der Waals surface area contributed by atoms with Crippen LogP contribution in [-0.2, 0) is 13.5 Å². The van der Waals surface area contributed by atoms with E-state index >= 15 is 0 Å². The molecule has 0 N–H and O–H groups in total. The fraction of sp³-hybridized carbons (Fsp3) is 0.188. The smallest absolute Gasteiger partial charge is 0.387 e. The van der Waals surface area contributed by atoms with Gasteiger partial charge in [-0.2, -0.15) is 13.9 Å². The minimum atomic E-state index is -2.83. The highest BCUT2D eigenvalue weighted by molar-refractivity contribution is 9.10. The largest absolute Gasteiger partial charge is 0.435 e. The van der Waals surface area contributed by atoms with E-state index in [1.807, 2.05) is 31.3 Å². The summed E-state index contributed by atoms with van der Waals surface area (Å²) in [7, 11) is 1.85. The number of benzene rings is 2. The second-order valence-electron chi connectivity index (χ2n) is 4.89. The van der Waals surface area contributed by atoms with Crippen LogP contribution in [0, 0.1) is 0 Å². The number of para-hydroxylation sites is 1. The van der Waals surface area contributed by atoms with E-state index in [0.717, 1.165) is 21.1 Å². The van der Waals surface area contributed by atoms with Crippen molar-refractivity contribution < 1.29 is 13.5 Å². The van der Waals surface area contributed by atoms with E-state index in [9.17, 15) is 8.78 Å². The standard InChI is InChI=1S/C16H13BrF2N2O/c1-21-14(12-9-11(17)6-7-13(12)20-21)8-10-4-2-3-5-15(10)22-16(18)19/h2-7,9,16H,8H2,1H3. The molecule has 3 nitrogen and oxygen atoms in total. The van der Waals surface area contributed by atoms with Crippen LogP contribution in [0.25, 0.3) is 10.9 Å². The van der Waals surface area contributed by atoms with Gasteiger partial charge in [0.1, 0.15) is 5.75 Å². The quantitative estimate of drug-likeness (QED) is 0.678. The lowest BCUT2D eigenvalue weighted by molar-refractivity contribution is -0.0503. The Bertz CT molecular complexity index is 817. The lowest BCUT2D eigenvalue weighted by Gasteiger charge is -2.11. The predicted octanol–water partition coefficient (Wildman–Crippen LogP) is 4.53. The Hall–Kier alpha value is -1.95. The Morgan fingerprint density at radius 3 is 2.77 bits per heavy atom. The molecule has 0 atom stereocenters. The molecular formula is C16H13BrF2N2O. The minimum absolute atomic E-state index is 0.196. The number of halogens is 3. The number of nitrogens with zero attached hydrogens (tertiary/aromatic N) is 2. The molecule has 0 amide bonds. The van der Waals surface area contributed by atoms with E-state index in [1.165, 1.54) is 0 Å². The van der Waals surface area contributed by atoms with Gasteiger partial charge in [-0.15, -0.1) is 0 Å². The molecule has 0 aliphatic carbocycles. The first-order chi connectivity index (χ1) is 10.5. The van der Waals surface area contributed by atoms with Crippen LogP contribution in [0.5, 0.6) is 5.75 Å². The molecule has 2 aromatic carbocycles. The zero-order valence-corrected chi connectivity index (χ0v) is 13.3. The van der Waals surface area contributed by atoms with Gasteiger partial charge in [0, 0.05) is 28.9 Å². The van der Waals surface area contributed by atoms with E-state index in [2.05, 4.69) is 25.8 Å². The van der Waals surface area contributed by atoms with Crippen LogP contribution in [0.2, 0.25) is 0 Å². The normalized spacial score (nSPS) is 11.3. The van der Waals surface area contributed by atoms with Crippen LogP contribution in [0.3, 0.4) is 0 Å². The number of hydrogen-bond donors (Lipinski definition) is 0. The number of ether oxygens (including phenoxy) is 1. The lowest BCUT2D eigenvalue weighted by atomic mass is 10.1. The number of rotatable bonds is 4. The summed E-state index contributed by atoms with van der Waals surface area (Å²) in [5, 5.41) is 5.44. The van der Waals surface area contributed by atoms with Crippen molar-refractivity contribution in [2.24, 2.45) is 7.05 Å². The monoisotopic (exact) mass is 366 g/mol. The summed E-state index contributed by atoms with van der Waals surface area (Å²) in [5.74, 6) is 0.196. The van der Waals surface area contributed by atoms with Gasteiger partial charge >= 0.3 is 6.61 Å². The highest BCUT2D eigenvalue weighted by Gasteiger charge is 2.14. The van der Waals surface area contributed by atoms with Gasteiger partial charge in [0.15, 0.2) is 0 Å². The van der Waals surface area contributed by atoms with Crippen molar-refractivity contribution in [1.29, 1.82) is 0 Å². The van der Waals surface area contributed by atoms with E-state index in [4.69, 9.17) is 0 Å². The average molecular weight is 367 g/mol. The molecule has 22 heavy (non-hydrogen) atoms. The third-order valence-electron chi connectivity index (χ3n) is 3.46. The first-order valence-corrected chi connectivity index (χ1v) is 7.48. The van der Waals surface area contributed by atoms with Gasteiger partial charge in [0.2, 0.25) is 0 Å². The van der Waals surface area contributed by atoms with Gasteiger partial charge in [0.25, 0.3) is 0 Å². The molecule has 3 aromatic rings. The van der Waals surface area contributed by atoms with Crippen LogP contribution < -0.4 is 4.74 Å². The number of aryl methyl sites for hydroxylation is 1. The molecule has 0 spiro atoms. The SMILES string of the molecule is Cn1nc2ccc(Br)cc2c1Cc1ccccc1OC(F)F. The van der Waals surface area contributed by atoms with Gasteiger partial charge in [-0.1, -0.05) is 34.1 Å². The first kappa shape index (κ1) is 15.0. The molecule has 0 bridgehead atoms. The summed E-state index contributed by atoms with van der Waals surface area (Å²) in [6.07, 6.45) is 0.465. The van der Waals surface area contributed by atoms with Crippen molar-refractivity contribution in [3.8, 4) is 5.75 Å². The van der Waals surface area contributed by atoms with Gasteiger partial charge < -0.3 is 4.74 Å². The Morgan fingerprint density at radius 1 is 1.23 bits per heavy atom. The Kier molecular flexibility index (Phi) is 4.11. The molecule has 114 valence electrons. The summed E-state index contributed by atoms with van der Waals surface area (Å²) in [6.45, 7) is -2.83. The second kappa shape index (κ2) is 6.04. The maximum absolute atomic E-state index is 12.5. The van der Waals surface area contributed by atoms with E-state index in [1.54, 1.807) is 22.9 Å². The van der Waals surface area contributed by atoms with E-state index in [0.29, 0.717) is 12.0 Å². The number of hydrogen-bond acceptors (Lipinski definition) is 2. The van der Waals surface area contributed by atoms with Gasteiger partial charge in [-0.3, -0.25) is 4.68 Å². The predicted molar refractivity (Wildman–Crippen MR) is 84.3 cm³/mol. The topological polar surface area (TPSA) is 27.1 Å². The fourth-order valence-corrected chi connectivity index (χ4v) is 2.83. The molecule has 6 heteroatoms. The summed E-state index contributed by atoms with van der Waals surface area (Å²) < 4.78 is 32.4. The van der Waals surface area contributed by atoms with Crippen molar-refractivity contribution in [2.45, 2.75) is 13.0 Å². The lowest BCUT2D eigenvalue weighted by Crippen LogP contribution is -2.06. The molecule has 0 aliphatic rings. The van der Waals surface area contributed by atoms with Crippen LogP contribution in [-0.4, -0.2) is 16.4 Å². The highest BCUT2D eigenvalue weighted by atomic mass is 79.9. The Labute approximate surface area is 134 Å². The molecule has 0 fully saturated rings. The van der Waals surface area contributed by atoms with Crippen LogP contribution in [0.15, 0.2) is 46.9 Å². The van der Waals surface area contributed by atoms with Crippen molar-refractivity contribution in [3.63, 3.8) is 0 Å². The van der Waals surface area contributed by atoms with Gasteiger partial charge in [-0.25, -0.2) is 0 Å². The molecule has 0 saturated heterocycles. The molecule has 1 heterocycles. The Balaban J connectivity index is 2.03. The zero-order chi connectivity index (χ0) is 15.7. The summed E-state index contributed by atoms with van der Waals surface area (Å²) in [6, 6.07) is 12.7. The molecule has 0 unspecified atom stereocenters. The second-order valence-corrected chi connectivity index (χ2v) is 5.81. The average Bonchev–Trinajstić information content (AvgIpc) is 2.76. The number of fused-ring (bicyclic) bond motifs is 1. The van der Waals surface area contributed by atoms with Crippen LogP contribution >= 0.6 is 15.9 Å². The Morgan fingerprint density at radius 2 is 2.00 bits per heavy atom. The summed E-state index contributed by atoms with van der Waals surface area (Å²) >= 11 is 3.45. The molecular weight excluding hydrogens is 354 g/mol. The number of aromatic nitrogens is 2. The zero-order valence-electron chi connectivity index (χ0n) is 11.8. The highest BCUT2D eigenvalue weighted by Crippen LogP contribution is 2.28. The fourth-order valence-electron chi connectivity index (χ4n) is 2.47. The van der Waals surface area contributed by atoms with E-state index in [-0.39, 0.29) is 5.75 Å². The van der Waals surface area contributed by atoms with Crippen molar-refractivity contribution in [2.75, 3.05) is 0 Å². The van der Waals surface area contributed by atoms with Crippen molar-refractivity contribution in [3.05, 3.63) is 58.2 Å². The van der Waals surface area contributed by atoms with Gasteiger partial charge in [-0.05, 0) is 24.3 Å². The molecule has 1 aromatic heterocycles. The molecule has 3 rings (SSSR count). The third kappa shape index (κ3) is 2.97. The van der Waals surface area contributed by atoms with Crippen LogP contribution in [0.4, 0.5) is 8.78 Å². The molecule has 0 aliphatic heterocycles. The maximum Gasteiger partial charge on any atom is 0.387 e. The third-order valence-corrected chi connectivity index (χ3v) is 3.96. The summed E-state index contributed by atoms with van der Waals surface area (Å²) in [4.78, 5) is 0. The molecule has 0 saturated carbocycles. The molecule has 0 radical (unpaired) electrons. The maximum atomic E-state index is 12.5. The van der Waals surface area contributed by atoms with Crippen LogP contribution in [0.1, 0.15) is 11.3 Å². The van der Waals surface area contributed by atoms with E-state index < -0.39 is 6.61 Å². The minimum Gasteiger partial charge on any atom is -0.435 e. The summed E-state index contributed by atoms with van der Waals surface area (Å²) in [5.41, 5.74) is 2.52. The number of alkyl halides is 2. The first-order valence-electron chi connectivity index (χ1n) is 6.68. The van der Waals surface area contributed by atoms with Gasteiger partial charge in [0.05, 0.1) is 11.2 Å².